The highest BCUT2D eigenvalue weighted by molar-refractivity contribution is 5.74. The van der Waals surface area contributed by atoms with Crippen LogP contribution in [0, 0.1) is 17.6 Å². The second-order valence-corrected chi connectivity index (χ2v) is 5.68. The van der Waals surface area contributed by atoms with Gasteiger partial charge in [0.05, 0.1) is 0 Å². The Labute approximate surface area is 128 Å². The Morgan fingerprint density at radius 1 is 1.23 bits per heavy atom. The Morgan fingerprint density at radius 2 is 1.91 bits per heavy atom. The van der Waals surface area contributed by atoms with Gasteiger partial charge in [-0.2, -0.15) is 0 Å². The van der Waals surface area contributed by atoms with Crippen LogP contribution in [-0.4, -0.2) is 30.3 Å². The number of aliphatic hydroxyl groups excluding tert-OH is 1. The van der Waals surface area contributed by atoms with Crippen LogP contribution in [0.25, 0.3) is 0 Å². The van der Waals surface area contributed by atoms with Gasteiger partial charge < -0.3 is 15.7 Å². The van der Waals surface area contributed by atoms with Gasteiger partial charge in [-0.15, -0.1) is 0 Å². The summed E-state index contributed by atoms with van der Waals surface area (Å²) in [6, 6.07) is 3.32. The third kappa shape index (κ3) is 4.40. The summed E-state index contributed by atoms with van der Waals surface area (Å²) in [6.45, 7) is 0.214. The minimum atomic E-state index is -0.602. The zero-order chi connectivity index (χ0) is 15.9. The molecule has 122 valence electrons. The van der Waals surface area contributed by atoms with Gasteiger partial charge in [0, 0.05) is 30.7 Å². The van der Waals surface area contributed by atoms with Crippen LogP contribution in [-0.2, 0) is 6.42 Å². The number of benzene rings is 1. The molecule has 0 heterocycles. The fourth-order valence-corrected chi connectivity index (χ4v) is 2.91. The number of urea groups is 1. The van der Waals surface area contributed by atoms with Gasteiger partial charge in [-0.25, -0.2) is 13.6 Å². The van der Waals surface area contributed by atoms with E-state index in [1.165, 1.54) is 18.2 Å². The number of nitrogens with one attached hydrogen (secondary N) is 2. The van der Waals surface area contributed by atoms with E-state index in [9.17, 15) is 18.7 Å². The van der Waals surface area contributed by atoms with Gasteiger partial charge in [-0.3, -0.25) is 0 Å². The summed E-state index contributed by atoms with van der Waals surface area (Å²) in [4.78, 5) is 11.8. The Morgan fingerprint density at radius 3 is 2.59 bits per heavy atom. The smallest absolute Gasteiger partial charge is 0.315 e. The van der Waals surface area contributed by atoms with E-state index < -0.39 is 11.6 Å². The Hall–Kier alpha value is -1.69. The molecule has 1 aromatic carbocycles. The van der Waals surface area contributed by atoms with Crippen LogP contribution in [0.4, 0.5) is 13.6 Å². The molecule has 1 aliphatic carbocycles. The van der Waals surface area contributed by atoms with Gasteiger partial charge in [0.1, 0.15) is 11.6 Å². The number of aliphatic hydroxyl groups is 1. The maximum atomic E-state index is 13.4. The van der Waals surface area contributed by atoms with Gasteiger partial charge in [-0.05, 0) is 31.4 Å². The van der Waals surface area contributed by atoms with Gasteiger partial charge in [0.25, 0.3) is 0 Å². The first-order valence-corrected chi connectivity index (χ1v) is 7.70. The summed E-state index contributed by atoms with van der Waals surface area (Å²) in [5.74, 6) is -1.12. The molecule has 0 spiro atoms. The van der Waals surface area contributed by atoms with Crippen LogP contribution >= 0.6 is 0 Å². The Kier molecular flexibility index (Phi) is 6.12. The molecule has 0 aliphatic heterocycles. The van der Waals surface area contributed by atoms with Crippen LogP contribution in [0.3, 0.4) is 0 Å². The van der Waals surface area contributed by atoms with E-state index in [2.05, 4.69) is 10.6 Å². The lowest BCUT2D eigenvalue weighted by molar-refractivity contribution is 0.154. The van der Waals surface area contributed by atoms with Gasteiger partial charge >= 0.3 is 6.03 Å². The van der Waals surface area contributed by atoms with E-state index in [1.54, 1.807) is 0 Å². The molecule has 2 unspecified atom stereocenters. The second-order valence-electron chi connectivity index (χ2n) is 5.68. The van der Waals surface area contributed by atoms with Crippen molar-refractivity contribution in [2.24, 2.45) is 5.92 Å². The highest BCUT2D eigenvalue weighted by Gasteiger charge is 2.25. The number of hydrogen-bond acceptors (Lipinski definition) is 2. The highest BCUT2D eigenvalue weighted by Crippen LogP contribution is 2.23. The maximum absolute atomic E-state index is 13.4. The molecule has 2 rings (SSSR count). The van der Waals surface area contributed by atoms with E-state index in [-0.39, 0.29) is 43.1 Å². The van der Waals surface area contributed by atoms with Crippen molar-refractivity contribution in [1.82, 2.24) is 10.6 Å². The Balaban J connectivity index is 1.78. The van der Waals surface area contributed by atoms with E-state index in [0.717, 1.165) is 25.7 Å². The molecule has 3 N–H and O–H groups in total. The van der Waals surface area contributed by atoms with Crippen LogP contribution in [0.5, 0.6) is 0 Å². The molecular formula is C16H22F2N2O2. The van der Waals surface area contributed by atoms with Crippen molar-refractivity contribution in [2.75, 3.05) is 13.2 Å². The molecule has 4 nitrogen and oxygen atoms in total. The van der Waals surface area contributed by atoms with Crippen molar-refractivity contribution in [3.63, 3.8) is 0 Å². The van der Waals surface area contributed by atoms with Crippen molar-refractivity contribution >= 4 is 6.03 Å². The van der Waals surface area contributed by atoms with Gasteiger partial charge in [-0.1, -0.05) is 18.9 Å². The number of carbonyl (C=O) groups excluding carboxylic acids is 1. The molecule has 1 fully saturated rings. The summed E-state index contributed by atoms with van der Waals surface area (Å²) in [5, 5.41) is 14.8. The second kappa shape index (κ2) is 8.08. The molecular weight excluding hydrogens is 290 g/mol. The van der Waals surface area contributed by atoms with Crippen LogP contribution in [0.1, 0.15) is 31.2 Å². The zero-order valence-electron chi connectivity index (χ0n) is 12.4. The maximum Gasteiger partial charge on any atom is 0.315 e. The number of carbonyl (C=O) groups is 1. The number of hydrogen-bond donors (Lipinski definition) is 3. The molecule has 0 aromatic heterocycles. The third-order valence-electron chi connectivity index (χ3n) is 4.18. The molecule has 1 aromatic rings. The van der Waals surface area contributed by atoms with E-state index >= 15 is 0 Å². The van der Waals surface area contributed by atoms with Crippen molar-refractivity contribution in [1.29, 1.82) is 0 Å². The first-order chi connectivity index (χ1) is 10.6. The lowest BCUT2D eigenvalue weighted by Crippen LogP contribution is -2.48. The number of amides is 2. The molecule has 1 saturated carbocycles. The average Bonchev–Trinajstić information content (AvgIpc) is 2.51. The predicted octanol–water partition coefficient (Wildman–Crippen LogP) is 2.36. The topological polar surface area (TPSA) is 61.4 Å². The minimum absolute atomic E-state index is 0.0197. The predicted molar refractivity (Wildman–Crippen MR) is 79.4 cm³/mol. The van der Waals surface area contributed by atoms with Crippen molar-refractivity contribution < 1.29 is 18.7 Å². The first-order valence-electron chi connectivity index (χ1n) is 7.70. The zero-order valence-corrected chi connectivity index (χ0v) is 12.4. The van der Waals surface area contributed by atoms with Crippen molar-refractivity contribution in [3.8, 4) is 0 Å². The summed E-state index contributed by atoms with van der Waals surface area (Å²) in [6.07, 6.45) is 3.95. The van der Waals surface area contributed by atoms with Gasteiger partial charge in [0.2, 0.25) is 0 Å². The van der Waals surface area contributed by atoms with E-state index in [1.807, 2.05) is 0 Å². The lowest BCUT2D eigenvalue weighted by atomic mass is 9.85. The quantitative estimate of drug-likeness (QED) is 0.781. The van der Waals surface area contributed by atoms with Crippen molar-refractivity contribution in [2.45, 2.75) is 38.1 Å². The monoisotopic (exact) mass is 312 g/mol. The van der Waals surface area contributed by atoms with Crippen molar-refractivity contribution in [3.05, 3.63) is 35.4 Å². The van der Waals surface area contributed by atoms with Crippen LogP contribution in [0.2, 0.25) is 0 Å². The Bertz CT molecular complexity index is 491. The SMILES string of the molecule is O=C(NCCc1c(F)cccc1F)NC1CCCCC1CO. The summed E-state index contributed by atoms with van der Waals surface area (Å²) < 4.78 is 26.9. The van der Waals surface area contributed by atoms with E-state index in [4.69, 9.17) is 0 Å². The summed E-state index contributed by atoms with van der Waals surface area (Å²) in [5.41, 5.74) is -0.0197. The molecule has 2 atom stereocenters. The lowest BCUT2D eigenvalue weighted by Gasteiger charge is -2.30. The molecule has 2 amide bonds. The molecule has 6 heteroatoms. The highest BCUT2D eigenvalue weighted by atomic mass is 19.1. The fraction of sp³-hybridized carbons (Fsp3) is 0.562. The molecule has 22 heavy (non-hydrogen) atoms. The third-order valence-corrected chi connectivity index (χ3v) is 4.18. The van der Waals surface area contributed by atoms with Crippen LogP contribution in [0.15, 0.2) is 18.2 Å². The molecule has 0 saturated heterocycles. The summed E-state index contributed by atoms with van der Waals surface area (Å²) >= 11 is 0. The largest absolute Gasteiger partial charge is 0.396 e. The minimum Gasteiger partial charge on any atom is -0.396 e. The number of halogens is 2. The number of rotatable bonds is 5. The van der Waals surface area contributed by atoms with Crippen LogP contribution < -0.4 is 10.6 Å². The standard InChI is InChI=1S/C16H22F2N2O2/c17-13-5-3-6-14(18)12(13)8-9-19-16(22)20-15-7-2-1-4-11(15)10-21/h3,5-6,11,15,21H,1-2,4,7-10H2,(H2,19,20,22). The van der Waals surface area contributed by atoms with Gasteiger partial charge in [0.15, 0.2) is 0 Å². The fourth-order valence-electron chi connectivity index (χ4n) is 2.91. The first kappa shape index (κ1) is 16.7. The normalized spacial score (nSPS) is 21.4. The van der Waals surface area contributed by atoms with E-state index in [0.29, 0.717) is 0 Å². The molecule has 0 bridgehead atoms. The molecule has 1 aliphatic rings. The molecule has 0 radical (unpaired) electrons. The summed E-state index contributed by atoms with van der Waals surface area (Å²) in [7, 11) is 0. The average molecular weight is 312 g/mol.